The van der Waals surface area contributed by atoms with Crippen LogP contribution in [0.1, 0.15) is 16.7 Å². The molecule has 0 spiro atoms. The van der Waals surface area contributed by atoms with Crippen molar-refractivity contribution in [1.82, 2.24) is 4.83 Å². The number of rotatable bonds is 8. The highest BCUT2D eigenvalue weighted by molar-refractivity contribution is 7.89. The first-order chi connectivity index (χ1) is 13.1. The molecule has 0 atom stereocenters. The Bertz CT molecular complexity index is 966. The normalized spacial score (nSPS) is 12.0. The molecule has 0 bridgehead atoms. The van der Waals surface area contributed by atoms with Gasteiger partial charge in [0.2, 0.25) is 0 Å². The van der Waals surface area contributed by atoms with Crippen LogP contribution < -0.4 is 14.3 Å². The number of hydrazone groups is 1. The van der Waals surface area contributed by atoms with E-state index >= 15 is 0 Å². The van der Waals surface area contributed by atoms with E-state index in [2.05, 4.69) is 14.6 Å². The zero-order valence-corrected chi connectivity index (χ0v) is 15.5. The molecule has 2 aromatic carbocycles. The molecule has 0 fully saturated rings. The highest BCUT2D eigenvalue weighted by Gasteiger charge is 2.16. The Kier molecular flexibility index (Phi) is 6.84. The van der Waals surface area contributed by atoms with Gasteiger partial charge in [-0.05, 0) is 43.2 Å². The number of ether oxygens (including phenoxy) is 2. The van der Waals surface area contributed by atoms with Crippen LogP contribution >= 0.6 is 0 Å². The van der Waals surface area contributed by atoms with Crippen LogP contribution in [0, 0.1) is 13.8 Å². The Labute approximate surface area is 158 Å². The first kappa shape index (κ1) is 21.5. The average Bonchev–Trinajstić information content (AvgIpc) is 2.57. The first-order valence-corrected chi connectivity index (χ1v) is 9.22. The van der Waals surface area contributed by atoms with Crippen LogP contribution in [-0.4, -0.2) is 27.9 Å². The second-order valence-electron chi connectivity index (χ2n) is 5.58. The Hall–Kier alpha value is -2.82. The van der Waals surface area contributed by atoms with Crippen molar-refractivity contribution in [1.29, 1.82) is 0 Å². The van der Waals surface area contributed by atoms with Gasteiger partial charge in [0.25, 0.3) is 10.0 Å². The Morgan fingerprint density at radius 2 is 1.68 bits per heavy atom. The molecule has 0 heterocycles. The van der Waals surface area contributed by atoms with Gasteiger partial charge in [0.15, 0.2) is 0 Å². The fraction of sp³-hybridized carbons (Fsp3) is 0.235. The molecule has 0 aliphatic rings. The van der Waals surface area contributed by atoms with Gasteiger partial charge in [0.05, 0.1) is 11.1 Å². The van der Waals surface area contributed by atoms with Crippen LogP contribution in [-0.2, 0) is 10.0 Å². The van der Waals surface area contributed by atoms with Gasteiger partial charge in [-0.1, -0.05) is 12.1 Å². The lowest BCUT2D eigenvalue weighted by Crippen LogP contribution is -2.19. The standard InChI is InChI=1S/C17H16F4N2O4S/c1-10-3-4-11(2)15(7-10)28(24,25)23-22-9-12-5-6-13(26-16(18)19)8-14(12)27-17(20)21/h3-9,16-17,23H,1-2H3/b22-9-. The topological polar surface area (TPSA) is 77.0 Å². The molecule has 28 heavy (non-hydrogen) atoms. The molecule has 0 aliphatic heterocycles. The molecule has 152 valence electrons. The van der Waals surface area contributed by atoms with Gasteiger partial charge in [0.1, 0.15) is 11.5 Å². The van der Waals surface area contributed by atoms with Crippen molar-refractivity contribution in [3.05, 3.63) is 53.1 Å². The fourth-order valence-electron chi connectivity index (χ4n) is 2.21. The van der Waals surface area contributed by atoms with Crippen molar-refractivity contribution in [2.45, 2.75) is 32.0 Å². The Morgan fingerprint density at radius 3 is 2.32 bits per heavy atom. The van der Waals surface area contributed by atoms with Gasteiger partial charge < -0.3 is 9.47 Å². The third kappa shape index (κ3) is 5.84. The van der Waals surface area contributed by atoms with Crippen LogP contribution in [0.4, 0.5) is 17.6 Å². The van der Waals surface area contributed by atoms with Gasteiger partial charge >= 0.3 is 13.2 Å². The second kappa shape index (κ2) is 8.91. The van der Waals surface area contributed by atoms with Crippen LogP contribution in [0.5, 0.6) is 11.5 Å². The summed E-state index contributed by atoms with van der Waals surface area (Å²) in [5.41, 5.74) is 1.13. The van der Waals surface area contributed by atoms with Crippen molar-refractivity contribution in [3.63, 3.8) is 0 Å². The molecule has 1 N–H and O–H groups in total. The molecular weight excluding hydrogens is 404 g/mol. The summed E-state index contributed by atoms with van der Waals surface area (Å²) in [5.74, 6) is -0.915. The van der Waals surface area contributed by atoms with Crippen LogP contribution in [0.15, 0.2) is 46.4 Å². The molecule has 6 nitrogen and oxygen atoms in total. The average molecular weight is 420 g/mol. The van der Waals surface area contributed by atoms with Crippen LogP contribution in [0.2, 0.25) is 0 Å². The van der Waals surface area contributed by atoms with E-state index in [1.807, 2.05) is 4.83 Å². The van der Waals surface area contributed by atoms with Gasteiger partial charge in [-0.25, -0.2) is 4.83 Å². The summed E-state index contributed by atoms with van der Waals surface area (Å²) < 4.78 is 82.7. The van der Waals surface area contributed by atoms with Crippen molar-refractivity contribution in [2.75, 3.05) is 0 Å². The molecule has 2 aromatic rings. The molecule has 0 amide bonds. The SMILES string of the molecule is Cc1ccc(C)c(S(=O)(=O)N/N=C\c2ccc(OC(F)F)cc2OC(F)F)c1. The summed E-state index contributed by atoms with van der Waals surface area (Å²) in [7, 11) is -4.00. The largest absolute Gasteiger partial charge is 0.435 e. The number of aryl methyl sites for hydroxylation is 2. The van der Waals surface area contributed by atoms with Gasteiger partial charge in [-0.15, -0.1) is 0 Å². The van der Waals surface area contributed by atoms with E-state index in [1.54, 1.807) is 26.0 Å². The predicted molar refractivity (Wildman–Crippen MR) is 93.5 cm³/mol. The number of benzene rings is 2. The van der Waals surface area contributed by atoms with Gasteiger partial charge in [0, 0.05) is 11.6 Å². The molecule has 2 rings (SSSR count). The summed E-state index contributed by atoms with van der Waals surface area (Å²) in [6.07, 6.45) is 0.909. The summed E-state index contributed by atoms with van der Waals surface area (Å²) in [5, 5.41) is 3.54. The lowest BCUT2D eigenvalue weighted by atomic mass is 10.2. The number of nitrogens with zero attached hydrogens (tertiary/aromatic N) is 1. The summed E-state index contributed by atoms with van der Waals surface area (Å²) in [6, 6.07) is 7.84. The van der Waals surface area contributed by atoms with Crippen molar-refractivity contribution < 1.29 is 35.5 Å². The van der Waals surface area contributed by atoms with E-state index in [-0.39, 0.29) is 10.5 Å². The predicted octanol–water partition coefficient (Wildman–Crippen LogP) is 3.82. The van der Waals surface area contributed by atoms with Gasteiger partial charge in [-0.2, -0.15) is 31.1 Å². The fourth-order valence-corrected chi connectivity index (χ4v) is 3.33. The molecule has 11 heteroatoms. The highest BCUT2D eigenvalue weighted by Crippen LogP contribution is 2.26. The smallest absolute Gasteiger partial charge is 0.387 e. The van der Waals surface area contributed by atoms with E-state index in [4.69, 9.17) is 0 Å². The number of hydrogen-bond donors (Lipinski definition) is 1. The minimum atomic E-state index is -4.00. The maximum atomic E-state index is 12.5. The quantitative estimate of drug-likeness (QED) is 0.400. The number of sulfonamides is 1. The third-order valence-electron chi connectivity index (χ3n) is 3.44. The number of hydrogen-bond acceptors (Lipinski definition) is 5. The lowest BCUT2D eigenvalue weighted by Gasteiger charge is -2.11. The van der Waals surface area contributed by atoms with Crippen LogP contribution in [0.25, 0.3) is 0 Å². The minimum absolute atomic E-state index is 0.00869. The van der Waals surface area contributed by atoms with E-state index in [1.165, 1.54) is 6.07 Å². The second-order valence-corrected chi connectivity index (χ2v) is 7.21. The van der Waals surface area contributed by atoms with E-state index in [9.17, 15) is 26.0 Å². The van der Waals surface area contributed by atoms with Crippen molar-refractivity contribution in [2.24, 2.45) is 5.10 Å². The van der Waals surface area contributed by atoms with Gasteiger partial charge in [-0.3, -0.25) is 0 Å². The summed E-state index contributed by atoms with van der Waals surface area (Å²) in [6.45, 7) is -3.06. The molecule has 0 aliphatic carbocycles. The summed E-state index contributed by atoms with van der Waals surface area (Å²) in [4.78, 5) is 1.98. The molecule has 0 radical (unpaired) electrons. The Balaban J connectivity index is 2.26. The molecule has 0 saturated carbocycles. The maximum Gasteiger partial charge on any atom is 0.387 e. The van der Waals surface area contributed by atoms with E-state index in [0.29, 0.717) is 5.56 Å². The molecule has 0 saturated heterocycles. The van der Waals surface area contributed by atoms with Crippen molar-refractivity contribution in [3.8, 4) is 11.5 Å². The number of nitrogens with one attached hydrogen (secondary N) is 1. The number of alkyl halides is 4. The summed E-state index contributed by atoms with van der Waals surface area (Å²) >= 11 is 0. The van der Waals surface area contributed by atoms with E-state index < -0.39 is 34.7 Å². The monoisotopic (exact) mass is 420 g/mol. The first-order valence-electron chi connectivity index (χ1n) is 7.74. The zero-order chi connectivity index (χ0) is 20.9. The van der Waals surface area contributed by atoms with Crippen LogP contribution in [0.3, 0.4) is 0 Å². The highest BCUT2D eigenvalue weighted by atomic mass is 32.2. The molecule has 0 aromatic heterocycles. The minimum Gasteiger partial charge on any atom is -0.435 e. The van der Waals surface area contributed by atoms with Crippen molar-refractivity contribution >= 4 is 16.2 Å². The number of halogens is 4. The Morgan fingerprint density at radius 1 is 1.00 bits per heavy atom. The maximum absolute atomic E-state index is 12.5. The lowest BCUT2D eigenvalue weighted by molar-refractivity contribution is -0.0543. The third-order valence-corrected chi connectivity index (χ3v) is 4.80. The van der Waals surface area contributed by atoms with E-state index in [0.717, 1.165) is 30.0 Å². The zero-order valence-electron chi connectivity index (χ0n) is 14.7. The molecular formula is C17H16F4N2O4S. The molecule has 0 unspecified atom stereocenters.